The fraction of sp³-hybridized carbons (Fsp3) is 0.467. The molecule has 23 heavy (non-hydrogen) atoms. The molecule has 0 spiro atoms. The third-order valence-corrected chi connectivity index (χ3v) is 3.03. The zero-order valence-electron chi connectivity index (χ0n) is 13.0. The van der Waals surface area contributed by atoms with Crippen molar-refractivity contribution in [2.45, 2.75) is 33.3 Å². The van der Waals surface area contributed by atoms with Crippen molar-refractivity contribution >= 4 is 17.5 Å². The third kappa shape index (κ3) is 5.90. The second-order valence-electron chi connectivity index (χ2n) is 6.10. The van der Waals surface area contributed by atoms with Crippen molar-refractivity contribution in [3.63, 3.8) is 0 Å². The number of hydrogen-bond donors (Lipinski definition) is 3. The van der Waals surface area contributed by atoms with Crippen LogP contribution in [0.2, 0.25) is 0 Å². The van der Waals surface area contributed by atoms with Crippen LogP contribution in [-0.2, 0) is 9.59 Å². The Morgan fingerprint density at radius 1 is 1.17 bits per heavy atom. The summed E-state index contributed by atoms with van der Waals surface area (Å²) in [5, 5.41) is 13.4. The van der Waals surface area contributed by atoms with Gasteiger partial charge in [-0.05, 0) is 18.8 Å². The molecule has 0 bridgehead atoms. The quantitative estimate of drug-likeness (QED) is 0.721. The SMILES string of the molecule is CC(O)CC(C)(C)CNC(=O)C(=O)Nc1c(F)cc(F)cc1F. The molecule has 1 aromatic carbocycles. The number of rotatable bonds is 5. The Hall–Kier alpha value is -2.09. The average Bonchev–Trinajstić information content (AvgIpc) is 2.38. The van der Waals surface area contributed by atoms with Gasteiger partial charge in [0.2, 0.25) is 0 Å². The molecule has 1 rings (SSSR count). The van der Waals surface area contributed by atoms with E-state index in [0.717, 1.165) is 0 Å². The van der Waals surface area contributed by atoms with E-state index in [9.17, 15) is 27.9 Å². The van der Waals surface area contributed by atoms with Crippen molar-refractivity contribution in [2.24, 2.45) is 5.41 Å². The maximum Gasteiger partial charge on any atom is 0.313 e. The summed E-state index contributed by atoms with van der Waals surface area (Å²) in [6.45, 7) is 5.23. The molecule has 3 N–H and O–H groups in total. The molecular weight excluding hydrogens is 313 g/mol. The van der Waals surface area contributed by atoms with Crippen LogP contribution in [0.1, 0.15) is 27.2 Å². The van der Waals surface area contributed by atoms with E-state index in [1.807, 2.05) is 0 Å². The highest BCUT2D eigenvalue weighted by Crippen LogP contribution is 2.22. The van der Waals surface area contributed by atoms with Crippen LogP contribution in [0.4, 0.5) is 18.9 Å². The lowest BCUT2D eigenvalue weighted by atomic mass is 9.87. The van der Waals surface area contributed by atoms with Crippen LogP contribution in [0, 0.1) is 22.9 Å². The minimum Gasteiger partial charge on any atom is -0.393 e. The second-order valence-corrected chi connectivity index (χ2v) is 6.10. The molecule has 0 radical (unpaired) electrons. The van der Waals surface area contributed by atoms with Gasteiger partial charge in [0, 0.05) is 18.7 Å². The molecule has 1 unspecified atom stereocenters. The van der Waals surface area contributed by atoms with Gasteiger partial charge in [0.15, 0.2) is 11.6 Å². The van der Waals surface area contributed by atoms with Gasteiger partial charge in [-0.15, -0.1) is 0 Å². The zero-order valence-corrected chi connectivity index (χ0v) is 13.0. The maximum atomic E-state index is 13.4. The van der Waals surface area contributed by atoms with Gasteiger partial charge >= 0.3 is 11.8 Å². The lowest BCUT2D eigenvalue weighted by Crippen LogP contribution is -2.41. The molecule has 0 heterocycles. The van der Waals surface area contributed by atoms with E-state index in [0.29, 0.717) is 18.6 Å². The maximum absolute atomic E-state index is 13.4. The monoisotopic (exact) mass is 332 g/mol. The first-order chi connectivity index (χ1) is 10.5. The first-order valence-corrected chi connectivity index (χ1v) is 6.93. The predicted octanol–water partition coefficient (Wildman–Crippen LogP) is 1.96. The molecule has 1 atom stereocenters. The zero-order chi connectivity index (χ0) is 17.8. The summed E-state index contributed by atoms with van der Waals surface area (Å²) in [5.41, 5.74) is -1.37. The fourth-order valence-corrected chi connectivity index (χ4v) is 2.10. The number of aliphatic hydroxyl groups is 1. The smallest absolute Gasteiger partial charge is 0.313 e. The molecule has 0 saturated carbocycles. The number of carbonyl (C=O) groups is 2. The highest BCUT2D eigenvalue weighted by Gasteiger charge is 2.24. The number of aliphatic hydroxyl groups excluding tert-OH is 1. The molecule has 0 aliphatic heterocycles. The van der Waals surface area contributed by atoms with Crippen LogP contribution in [0.15, 0.2) is 12.1 Å². The number of hydrogen-bond acceptors (Lipinski definition) is 3. The van der Waals surface area contributed by atoms with Crippen LogP contribution in [0.25, 0.3) is 0 Å². The second kappa shape index (κ2) is 7.45. The fourth-order valence-electron chi connectivity index (χ4n) is 2.10. The van der Waals surface area contributed by atoms with Crippen LogP contribution in [0.5, 0.6) is 0 Å². The first-order valence-electron chi connectivity index (χ1n) is 6.93. The number of carbonyl (C=O) groups excluding carboxylic acids is 2. The van der Waals surface area contributed by atoms with E-state index in [2.05, 4.69) is 5.32 Å². The average molecular weight is 332 g/mol. The van der Waals surface area contributed by atoms with Crippen LogP contribution in [-0.4, -0.2) is 29.6 Å². The molecule has 0 aliphatic rings. The summed E-state index contributed by atoms with van der Waals surface area (Å²) in [6.07, 6.45) is -0.200. The predicted molar refractivity (Wildman–Crippen MR) is 78.0 cm³/mol. The largest absolute Gasteiger partial charge is 0.393 e. The van der Waals surface area contributed by atoms with E-state index in [1.165, 1.54) is 0 Å². The van der Waals surface area contributed by atoms with Gasteiger partial charge in [0.05, 0.1) is 6.10 Å². The highest BCUT2D eigenvalue weighted by atomic mass is 19.1. The molecule has 0 aromatic heterocycles. The highest BCUT2D eigenvalue weighted by molar-refractivity contribution is 6.39. The van der Waals surface area contributed by atoms with Crippen molar-refractivity contribution < 1.29 is 27.9 Å². The molecule has 2 amide bonds. The number of benzene rings is 1. The Balaban J connectivity index is 2.67. The van der Waals surface area contributed by atoms with Gasteiger partial charge in [-0.2, -0.15) is 0 Å². The summed E-state index contributed by atoms with van der Waals surface area (Å²) in [5.74, 6) is -6.15. The van der Waals surface area contributed by atoms with Crippen LogP contribution >= 0.6 is 0 Å². The normalized spacial score (nSPS) is 12.7. The number of anilines is 1. The van der Waals surface area contributed by atoms with E-state index >= 15 is 0 Å². The topological polar surface area (TPSA) is 78.4 Å². The molecule has 0 fully saturated rings. The van der Waals surface area contributed by atoms with Gasteiger partial charge in [-0.25, -0.2) is 13.2 Å². The molecule has 128 valence electrons. The van der Waals surface area contributed by atoms with E-state index < -0.39 is 46.5 Å². The van der Waals surface area contributed by atoms with Crippen LogP contribution < -0.4 is 10.6 Å². The van der Waals surface area contributed by atoms with Gasteiger partial charge in [-0.1, -0.05) is 13.8 Å². The van der Waals surface area contributed by atoms with Crippen LogP contribution in [0.3, 0.4) is 0 Å². The lowest BCUT2D eigenvalue weighted by molar-refractivity contribution is -0.136. The van der Waals surface area contributed by atoms with Gasteiger partial charge in [-0.3, -0.25) is 9.59 Å². The Kier molecular flexibility index (Phi) is 6.14. The Morgan fingerprint density at radius 2 is 1.70 bits per heavy atom. The first kappa shape index (κ1) is 19.0. The molecule has 0 saturated heterocycles. The van der Waals surface area contributed by atoms with Crippen molar-refractivity contribution in [1.82, 2.24) is 5.32 Å². The van der Waals surface area contributed by atoms with Gasteiger partial charge in [0.25, 0.3) is 0 Å². The van der Waals surface area contributed by atoms with Gasteiger partial charge < -0.3 is 15.7 Å². The van der Waals surface area contributed by atoms with Crippen molar-refractivity contribution in [1.29, 1.82) is 0 Å². The van der Waals surface area contributed by atoms with E-state index in [4.69, 9.17) is 0 Å². The summed E-state index contributed by atoms with van der Waals surface area (Å²) in [4.78, 5) is 23.3. The number of amides is 2. The van der Waals surface area contributed by atoms with E-state index in [1.54, 1.807) is 26.1 Å². The number of halogens is 3. The summed E-state index contributed by atoms with van der Waals surface area (Å²) >= 11 is 0. The summed E-state index contributed by atoms with van der Waals surface area (Å²) < 4.78 is 39.6. The molecule has 1 aromatic rings. The van der Waals surface area contributed by atoms with Crippen molar-refractivity contribution in [3.05, 3.63) is 29.6 Å². The summed E-state index contributed by atoms with van der Waals surface area (Å²) in [7, 11) is 0. The minimum atomic E-state index is -1.32. The minimum absolute atomic E-state index is 0.0819. The van der Waals surface area contributed by atoms with Crippen molar-refractivity contribution in [2.75, 3.05) is 11.9 Å². The van der Waals surface area contributed by atoms with Gasteiger partial charge in [0.1, 0.15) is 11.5 Å². The standard InChI is InChI=1S/C15H19F3N2O3/c1-8(21)6-15(2,3)7-19-13(22)14(23)20-12-10(17)4-9(16)5-11(12)18/h4-5,8,21H,6-7H2,1-3H3,(H,19,22)(H,20,23). The molecule has 5 nitrogen and oxygen atoms in total. The third-order valence-electron chi connectivity index (χ3n) is 3.03. The molecule has 0 aliphatic carbocycles. The lowest BCUT2D eigenvalue weighted by Gasteiger charge is -2.26. The Bertz CT molecular complexity index is 581. The Labute approximate surface area is 131 Å². The molecular formula is C15H19F3N2O3. The molecule has 8 heteroatoms. The Morgan fingerprint density at radius 3 is 2.17 bits per heavy atom. The van der Waals surface area contributed by atoms with E-state index in [-0.39, 0.29) is 6.54 Å². The summed E-state index contributed by atoms with van der Waals surface area (Å²) in [6, 6.07) is 0.782. The van der Waals surface area contributed by atoms with Crippen molar-refractivity contribution in [3.8, 4) is 0 Å². The number of nitrogens with one attached hydrogen (secondary N) is 2.